The first kappa shape index (κ1) is 26.0. The van der Waals surface area contributed by atoms with E-state index in [0.29, 0.717) is 0 Å². The van der Waals surface area contributed by atoms with E-state index in [1.165, 1.54) is 66.4 Å². The molecule has 1 saturated heterocycles. The maximum absolute atomic E-state index is 6.33. The fourth-order valence-corrected chi connectivity index (χ4v) is 7.84. The summed E-state index contributed by atoms with van der Waals surface area (Å²) < 4.78 is 12.7. The molecule has 212 valence electrons. The molecule has 44 heavy (non-hydrogen) atoms. The van der Waals surface area contributed by atoms with Crippen LogP contribution in [-0.4, -0.2) is 18.3 Å². The van der Waals surface area contributed by atoms with E-state index in [1.54, 1.807) is 0 Å². The minimum atomic E-state index is -0.365. The van der Waals surface area contributed by atoms with Gasteiger partial charge in [-0.25, -0.2) is 0 Å². The van der Waals surface area contributed by atoms with Crippen LogP contribution < -0.4 is 5.46 Å². The topological polar surface area (TPSA) is 18.5 Å². The van der Waals surface area contributed by atoms with E-state index in [0.717, 1.165) is 5.46 Å². The molecule has 0 aromatic heterocycles. The Morgan fingerprint density at radius 3 is 1.48 bits per heavy atom. The molecule has 6 aromatic carbocycles. The van der Waals surface area contributed by atoms with E-state index < -0.39 is 0 Å². The van der Waals surface area contributed by atoms with Gasteiger partial charge >= 0.3 is 7.12 Å². The summed E-state index contributed by atoms with van der Waals surface area (Å²) in [5.74, 6) is 0. The smallest absolute Gasteiger partial charge is 0.399 e. The van der Waals surface area contributed by atoms with Gasteiger partial charge in [0.2, 0.25) is 0 Å². The molecule has 0 radical (unpaired) electrons. The van der Waals surface area contributed by atoms with Crippen molar-refractivity contribution in [2.75, 3.05) is 0 Å². The molecule has 1 heterocycles. The molecule has 9 rings (SSSR count). The summed E-state index contributed by atoms with van der Waals surface area (Å²) in [6.07, 6.45) is 0. The minimum absolute atomic E-state index is 0.330. The summed E-state index contributed by atoms with van der Waals surface area (Å²) in [6.45, 7) is 8.40. The third-order valence-electron chi connectivity index (χ3n) is 10.7. The van der Waals surface area contributed by atoms with Gasteiger partial charge in [0, 0.05) is 0 Å². The molecule has 0 atom stereocenters. The van der Waals surface area contributed by atoms with Gasteiger partial charge in [0.05, 0.1) is 16.6 Å². The molecular formula is C41H33BO2. The van der Waals surface area contributed by atoms with Crippen LogP contribution in [0.3, 0.4) is 0 Å². The van der Waals surface area contributed by atoms with Crippen LogP contribution in [0.25, 0.3) is 44.2 Å². The second-order valence-electron chi connectivity index (χ2n) is 13.6. The molecule has 2 nitrogen and oxygen atoms in total. The highest BCUT2D eigenvalue weighted by Crippen LogP contribution is 2.63. The third kappa shape index (κ3) is 3.34. The number of fused-ring (bicyclic) bond motifs is 11. The largest absolute Gasteiger partial charge is 0.494 e. The van der Waals surface area contributed by atoms with Crippen molar-refractivity contribution in [3.05, 3.63) is 150 Å². The van der Waals surface area contributed by atoms with Gasteiger partial charge in [-0.15, -0.1) is 0 Å². The number of rotatable bonds is 2. The maximum atomic E-state index is 6.33. The van der Waals surface area contributed by atoms with Gasteiger partial charge in [0.15, 0.2) is 0 Å². The zero-order valence-corrected chi connectivity index (χ0v) is 25.5. The first-order valence-electron chi connectivity index (χ1n) is 15.6. The van der Waals surface area contributed by atoms with Crippen LogP contribution in [0.15, 0.2) is 127 Å². The van der Waals surface area contributed by atoms with Gasteiger partial charge in [0.1, 0.15) is 0 Å². The van der Waals surface area contributed by atoms with Crippen LogP contribution in [0.4, 0.5) is 0 Å². The average Bonchev–Trinajstić information content (AvgIpc) is 3.59. The standard InChI is InChI=1S/C41H33BO2/c1-39(2)40(3,4)44-42(43-39)30-21-19-27-23-26(17-18-28(27)24-30)29-20-22-34-33-13-7-10-16-37(33)41(38(34)25-29)35-14-8-5-11-31(35)32-12-6-9-15-36(32)41/h5-25H,1-4H3. The Kier molecular flexibility index (Phi) is 5.21. The number of hydrogen-bond acceptors (Lipinski definition) is 2. The van der Waals surface area contributed by atoms with Gasteiger partial charge in [-0.3, -0.25) is 0 Å². The first-order valence-corrected chi connectivity index (χ1v) is 15.6. The van der Waals surface area contributed by atoms with Crippen LogP contribution in [0.1, 0.15) is 49.9 Å². The monoisotopic (exact) mass is 568 g/mol. The Bertz CT molecular complexity index is 2080. The van der Waals surface area contributed by atoms with E-state index in [1.807, 2.05) is 0 Å². The lowest BCUT2D eigenvalue weighted by Crippen LogP contribution is -2.41. The summed E-state index contributed by atoms with van der Waals surface area (Å²) >= 11 is 0. The Morgan fingerprint density at radius 2 is 0.886 bits per heavy atom. The van der Waals surface area contributed by atoms with Crippen molar-refractivity contribution >= 4 is 23.4 Å². The molecule has 1 fully saturated rings. The quantitative estimate of drug-likeness (QED) is 0.194. The van der Waals surface area contributed by atoms with Gasteiger partial charge in [0.25, 0.3) is 0 Å². The predicted molar refractivity (Wildman–Crippen MR) is 181 cm³/mol. The summed E-state index contributed by atoms with van der Waals surface area (Å²) in [5.41, 5.74) is 13.3. The number of hydrogen-bond donors (Lipinski definition) is 0. The maximum Gasteiger partial charge on any atom is 0.494 e. The van der Waals surface area contributed by atoms with E-state index in [9.17, 15) is 0 Å². The van der Waals surface area contributed by atoms with Crippen LogP contribution in [0, 0.1) is 0 Å². The fraction of sp³-hybridized carbons (Fsp3) is 0.171. The molecule has 0 unspecified atom stereocenters. The zero-order valence-electron chi connectivity index (χ0n) is 25.5. The van der Waals surface area contributed by atoms with Gasteiger partial charge in [-0.1, -0.05) is 115 Å². The second-order valence-corrected chi connectivity index (χ2v) is 13.6. The van der Waals surface area contributed by atoms with Gasteiger partial charge in [-0.05, 0) is 112 Å². The van der Waals surface area contributed by atoms with Crippen molar-refractivity contribution in [1.29, 1.82) is 0 Å². The minimum Gasteiger partial charge on any atom is -0.399 e. The lowest BCUT2D eigenvalue weighted by Gasteiger charge is -2.32. The van der Waals surface area contributed by atoms with Crippen molar-refractivity contribution in [1.82, 2.24) is 0 Å². The van der Waals surface area contributed by atoms with Crippen molar-refractivity contribution in [3.8, 4) is 33.4 Å². The normalized spacial score (nSPS) is 17.9. The van der Waals surface area contributed by atoms with Crippen LogP contribution in [0.2, 0.25) is 0 Å². The second kappa shape index (κ2) is 8.82. The summed E-state index contributed by atoms with van der Waals surface area (Å²) in [7, 11) is -0.365. The summed E-state index contributed by atoms with van der Waals surface area (Å²) in [6, 6.07) is 47.4. The average molecular weight is 569 g/mol. The van der Waals surface area contributed by atoms with Crippen molar-refractivity contribution in [2.45, 2.75) is 44.3 Å². The molecule has 1 aliphatic heterocycles. The van der Waals surface area contributed by atoms with E-state index in [4.69, 9.17) is 9.31 Å². The molecule has 3 heteroatoms. The molecular weight excluding hydrogens is 535 g/mol. The Hall–Kier alpha value is -4.44. The third-order valence-corrected chi connectivity index (χ3v) is 10.7. The molecule has 6 aromatic rings. The molecule has 1 spiro atoms. The molecule has 0 amide bonds. The molecule has 3 aliphatic rings. The van der Waals surface area contributed by atoms with E-state index in [-0.39, 0.29) is 23.7 Å². The zero-order chi connectivity index (χ0) is 29.8. The van der Waals surface area contributed by atoms with E-state index in [2.05, 4.69) is 155 Å². The van der Waals surface area contributed by atoms with Crippen LogP contribution >= 0.6 is 0 Å². The highest BCUT2D eigenvalue weighted by Gasteiger charge is 2.52. The first-order chi connectivity index (χ1) is 21.3. The Morgan fingerprint density at radius 1 is 0.432 bits per heavy atom. The van der Waals surface area contributed by atoms with Crippen LogP contribution in [0.5, 0.6) is 0 Å². The van der Waals surface area contributed by atoms with Crippen molar-refractivity contribution < 1.29 is 9.31 Å². The lowest BCUT2D eigenvalue weighted by molar-refractivity contribution is 0.00578. The Balaban J connectivity index is 1.18. The van der Waals surface area contributed by atoms with E-state index >= 15 is 0 Å². The van der Waals surface area contributed by atoms with Crippen molar-refractivity contribution in [2.24, 2.45) is 0 Å². The van der Waals surface area contributed by atoms with Gasteiger partial charge in [-0.2, -0.15) is 0 Å². The van der Waals surface area contributed by atoms with Gasteiger partial charge < -0.3 is 9.31 Å². The summed E-state index contributed by atoms with van der Waals surface area (Å²) in [4.78, 5) is 0. The highest BCUT2D eigenvalue weighted by molar-refractivity contribution is 6.62. The number of benzene rings is 6. The molecule has 0 N–H and O–H groups in total. The van der Waals surface area contributed by atoms with Crippen LogP contribution in [-0.2, 0) is 14.7 Å². The molecule has 0 bridgehead atoms. The highest BCUT2D eigenvalue weighted by atomic mass is 16.7. The van der Waals surface area contributed by atoms with Crippen molar-refractivity contribution in [3.63, 3.8) is 0 Å². The molecule has 2 aliphatic carbocycles. The lowest BCUT2D eigenvalue weighted by atomic mass is 9.70. The molecule has 0 saturated carbocycles. The predicted octanol–water partition coefficient (Wildman–Crippen LogP) is 9.15. The fourth-order valence-electron chi connectivity index (χ4n) is 7.84. The SMILES string of the molecule is CC1(C)OB(c2ccc3cc(-c4ccc5c(c4)C4(c6ccccc6-c6ccccc64)c4ccccc4-5)ccc3c2)OC1(C)C. The summed E-state index contributed by atoms with van der Waals surface area (Å²) in [5, 5.41) is 2.39. The Labute approximate surface area is 259 Å².